The van der Waals surface area contributed by atoms with E-state index in [1.165, 1.54) is 0 Å². The van der Waals surface area contributed by atoms with Crippen LogP contribution >= 0.6 is 0 Å². The zero-order valence-corrected chi connectivity index (χ0v) is 8.91. The third kappa shape index (κ3) is 1.76. The van der Waals surface area contributed by atoms with Crippen molar-refractivity contribution in [1.82, 2.24) is 25.2 Å². The second-order valence-corrected chi connectivity index (χ2v) is 3.59. The number of hydrogen-bond acceptors (Lipinski definition) is 4. The molecule has 2 aromatic heterocycles. The third-order valence-corrected chi connectivity index (χ3v) is 2.39. The van der Waals surface area contributed by atoms with Crippen molar-refractivity contribution < 1.29 is 0 Å². The van der Waals surface area contributed by atoms with Crippen LogP contribution in [0.2, 0.25) is 0 Å². The molecule has 6 nitrogen and oxygen atoms in total. The Morgan fingerprint density at radius 2 is 2.00 bits per heavy atom. The molecule has 0 bridgehead atoms. The number of aromatic nitrogens is 5. The van der Waals surface area contributed by atoms with Crippen molar-refractivity contribution >= 4 is 5.82 Å². The lowest BCUT2D eigenvalue weighted by Crippen LogP contribution is -1.93. The summed E-state index contributed by atoms with van der Waals surface area (Å²) in [6, 6.07) is 11.5. The molecule has 1 aromatic carbocycles. The van der Waals surface area contributed by atoms with Crippen LogP contribution in [0, 0.1) is 0 Å². The molecule has 0 unspecified atom stereocenters. The van der Waals surface area contributed by atoms with Crippen molar-refractivity contribution in [2.75, 3.05) is 5.73 Å². The van der Waals surface area contributed by atoms with Gasteiger partial charge in [-0.25, -0.2) is 4.68 Å². The van der Waals surface area contributed by atoms with Gasteiger partial charge in [0, 0.05) is 6.07 Å². The Bertz CT molecular complexity index is 624. The Morgan fingerprint density at radius 1 is 1.18 bits per heavy atom. The predicted octanol–water partition coefficient (Wildman–Crippen LogP) is 1.24. The summed E-state index contributed by atoms with van der Waals surface area (Å²) in [7, 11) is 0. The van der Waals surface area contributed by atoms with Crippen molar-refractivity contribution in [3.63, 3.8) is 0 Å². The van der Waals surface area contributed by atoms with Gasteiger partial charge in [-0.3, -0.25) is 5.10 Å². The Balaban J connectivity index is 1.99. The summed E-state index contributed by atoms with van der Waals surface area (Å²) in [5.74, 6) is 0.439. The lowest BCUT2D eigenvalue weighted by atomic mass is 10.3. The zero-order chi connectivity index (χ0) is 11.7. The minimum absolute atomic E-state index is 0.439. The van der Waals surface area contributed by atoms with Crippen LogP contribution in [-0.2, 0) is 0 Å². The molecule has 3 N–H and O–H groups in total. The van der Waals surface area contributed by atoms with Crippen LogP contribution in [-0.4, -0.2) is 25.2 Å². The Hall–Kier alpha value is -2.63. The molecule has 0 saturated carbocycles. The standard InChI is InChI=1S/C11H10N6/c12-11-6-9(13-15-11)10-7-17(16-14-10)8-4-2-1-3-5-8/h1-7H,(H3,12,13,15). The molecule has 0 spiro atoms. The number of anilines is 1. The fraction of sp³-hybridized carbons (Fsp3) is 0. The van der Waals surface area contributed by atoms with Crippen LogP contribution in [0.25, 0.3) is 17.1 Å². The van der Waals surface area contributed by atoms with Crippen molar-refractivity contribution in [1.29, 1.82) is 0 Å². The van der Waals surface area contributed by atoms with Gasteiger partial charge in [0.25, 0.3) is 0 Å². The molecule has 6 heteroatoms. The van der Waals surface area contributed by atoms with E-state index in [0.717, 1.165) is 11.4 Å². The van der Waals surface area contributed by atoms with Crippen LogP contribution in [0.15, 0.2) is 42.6 Å². The Kier molecular flexibility index (Phi) is 2.11. The normalized spacial score (nSPS) is 10.6. The minimum Gasteiger partial charge on any atom is -0.382 e. The molecule has 17 heavy (non-hydrogen) atoms. The Labute approximate surface area is 97.1 Å². The van der Waals surface area contributed by atoms with Gasteiger partial charge in [-0.05, 0) is 12.1 Å². The number of benzene rings is 1. The predicted molar refractivity (Wildman–Crippen MR) is 63.4 cm³/mol. The average molecular weight is 226 g/mol. The molecule has 0 atom stereocenters. The molecule has 0 fully saturated rings. The van der Waals surface area contributed by atoms with E-state index in [2.05, 4.69) is 20.5 Å². The van der Waals surface area contributed by atoms with E-state index in [-0.39, 0.29) is 0 Å². The first kappa shape index (κ1) is 9.59. The molecule has 0 radical (unpaired) electrons. The van der Waals surface area contributed by atoms with Crippen LogP contribution in [0.3, 0.4) is 0 Å². The molecule has 3 rings (SSSR count). The number of rotatable bonds is 2. The summed E-state index contributed by atoms with van der Waals surface area (Å²) in [4.78, 5) is 0. The van der Waals surface area contributed by atoms with E-state index >= 15 is 0 Å². The molecule has 0 saturated heterocycles. The zero-order valence-electron chi connectivity index (χ0n) is 8.91. The first-order chi connectivity index (χ1) is 8.33. The van der Waals surface area contributed by atoms with Gasteiger partial charge in [-0.2, -0.15) is 5.10 Å². The van der Waals surface area contributed by atoms with E-state index in [1.54, 1.807) is 10.7 Å². The van der Waals surface area contributed by atoms with Crippen LogP contribution < -0.4 is 5.73 Å². The second kappa shape index (κ2) is 3.75. The quantitative estimate of drug-likeness (QED) is 0.688. The smallest absolute Gasteiger partial charge is 0.145 e. The highest BCUT2D eigenvalue weighted by atomic mass is 15.4. The van der Waals surface area contributed by atoms with Crippen molar-refractivity contribution in [3.05, 3.63) is 42.6 Å². The van der Waals surface area contributed by atoms with Gasteiger partial charge in [0.1, 0.15) is 11.5 Å². The topological polar surface area (TPSA) is 85.4 Å². The van der Waals surface area contributed by atoms with E-state index in [1.807, 2.05) is 36.5 Å². The largest absolute Gasteiger partial charge is 0.382 e. The first-order valence-corrected chi connectivity index (χ1v) is 5.12. The van der Waals surface area contributed by atoms with Gasteiger partial charge < -0.3 is 5.73 Å². The fourth-order valence-electron chi connectivity index (χ4n) is 1.56. The first-order valence-electron chi connectivity index (χ1n) is 5.12. The highest BCUT2D eigenvalue weighted by Gasteiger charge is 2.07. The lowest BCUT2D eigenvalue weighted by Gasteiger charge is -1.96. The Morgan fingerprint density at radius 3 is 2.71 bits per heavy atom. The van der Waals surface area contributed by atoms with Crippen molar-refractivity contribution in [3.8, 4) is 17.1 Å². The third-order valence-electron chi connectivity index (χ3n) is 2.39. The van der Waals surface area contributed by atoms with Crippen molar-refractivity contribution in [2.45, 2.75) is 0 Å². The summed E-state index contributed by atoms with van der Waals surface area (Å²) < 4.78 is 1.70. The molecule has 0 amide bonds. The molecule has 0 aliphatic rings. The number of nitrogens with zero attached hydrogens (tertiary/aromatic N) is 4. The number of H-pyrrole nitrogens is 1. The molecule has 0 aliphatic carbocycles. The number of hydrogen-bond donors (Lipinski definition) is 2. The molecule has 84 valence electrons. The maximum Gasteiger partial charge on any atom is 0.145 e. The SMILES string of the molecule is Nc1cc(-c2cn(-c3ccccc3)nn2)[nH]n1. The maximum atomic E-state index is 5.54. The van der Waals surface area contributed by atoms with Crippen LogP contribution in [0.5, 0.6) is 0 Å². The van der Waals surface area contributed by atoms with Gasteiger partial charge >= 0.3 is 0 Å². The summed E-state index contributed by atoms with van der Waals surface area (Å²) >= 11 is 0. The number of para-hydroxylation sites is 1. The number of aromatic amines is 1. The summed E-state index contributed by atoms with van der Waals surface area (Å²) in [5.41, 5.74) is 7.95. The van der Waals surface area contributed by atoms with Gasteiger partial charge in [-0.15, -0.1) is 5.10 Å². The average Bonchev–Trinajstić information content (AvgIpc) is 2.98. The summed E-state index contributed by atoms with van der Waals surface area (Å²) in [5, 5.41) is 14.8. The molecule has 3 aromatic rings. The number of nitrogens with one attached hydrogen (secondary N) is 1. The van der Waals surface area contributed by atoms with Gasteiger partial charge in [0.05, 0.1) is 17.6 Å². The lowest BCUT2D eigenvalue weighted by molar-refractivity contribution is 0.803. The second-order valence-electron chi connectivity index (χ2n) is 3.59. The monoisotopic (exact) mass is 226 g/mol. The molecular weight excluding hydrogens is 216 g/mol. The van der Waals surface area contributed by atoms with Gasteiger partial charge in [0.2, 0.25) is 0 Å². The maximum absolute atomic E-state index is 5.54. The van der Waals surface area contributed by atoms with E-state index in [9.17, 15) is 0 Å². The summed E-state index contributed by atoms with van der Waals surface area (Å²) in [6.07, 6.45) is 1.82. The van der Waals surface area contributed by atoms with Crippen LogP contribution in [0.1, 0.15) is 0 Å². The van der Waals surface area contributed by atoms with Gasteiger partial charge in [-0.1, -0.05) is 23.4 Å². The minimum atomic E-state index is 0.439. The highest BCUT2D eigenvalue weighted by molar-refractivity contribution is 5.56. The molecule has 2 heterocycles. The van der Waals surface area contributed by atoms with Gasteiger partial charge in [0.15, 0.2) is 0 Å². The number of nitrogen functional groups attached to an aromatic ring is 1. The number of nitrogens with two attached hydrogens (primary N) is 1. The van der Waals surface area contributed by atoms with E-state index in [0.29, 0.717) is 11.5 Å². The fourth-order valence-corrected chi connectivity index (χ4v) is 1.56. The van der Waals surface area contributed by atoms with E-state index in [4.69, 9.17) is 5.73 Å². The molecular formula is C11H10N6. The molecule has 0 aliphatic heterocycles. The summed E-state index contributed by atoms with van der Waals surface area (Å²) in [6.45, 7) is 0. The van der Waals surface area contributed by atoms with E-state index < -0.39 is 0 Å². The van der Waals surface area contributed by atoms with Crippen LogP contribution in [0.4, 0.5) is 5.82 Å². The highest BCUT2D eigenvalue weighted by Crippen LogP contribution is 2.16. The van der Waals surface area contributed by atoms with Crippen molar-refractivity contribution in [2.24, 2.45) is 0 Å².